The molecule has 0 bridgehead atoms. The van der Waals surface area contributed by atoms with Crippen LogP contribution in [0.4, 0.5) is 8.78 Å². The van der Waals surface area contributed by atoms with E-state index < -0.39 is 11.6 Å². The van der Waals surface area contributed by atoms with Crippen molar-refractivity contribution in [2.24, 2.45) is 5.92 Å². The lowest BCUT2D eigenvalue weighted by Gasteiger charge is -2.30. The lowest BCUT2D eigenvalue weighted by Crippen LogP contribution is -2.42. The smallest absolute Gasteiger partial charge is 0.176 e. The monoisotopic (exact) mass is 281 g/mol. The number of benzene rings is 1. The minimum Gasteiger partial charge on any atom is -0.299 e. The van der Waals surface area contributed by atoms with Crippen LogP contribution in [0.25, 0.3) is 0 Å². The van der Waals surface area contributed by atoms with Crippen molar-refractivity contribution in [3.05, 3.63) is 35.4 Å². The van der Waals surface area contributed by atoms with Crippen LogP contribution in [0.3, 0.4) is 0 Å². The fraction of sp³-hybridized carbons (Fsp3) is 0.467. The Morgan fingerprint density at radius 3 is 2.75 bits per heavy atom. The molecule has 1 aromatic carbocycles. The number of likely N-dealkylation sites (tertiary alicyclic amines) is 1. The molecule has 5 heteroatoms. The highest BCUT2D eigenvalue weighted by molar-refractivity contribution is 5.97. The molecule has 2 rings (SSSR count). The van der Waals surface area contributed by atoms with Gasteiger partial charge in [-0.2, -0.15) is 0 Å². The molecule has 1 aliphatic rings. The SMILES string of the molecule is CCC1CN(CC(=O)c2ccc(F)c(F)c2)CCC1=O. The molecule has 1 aromatic rings. The van der Waals surface area contributed by atoms with Gasteiger partial charge in [-0.1, -0.05) is 6.92 Å². The summed E-state index contributed by atoms with van der Waals surface area (Å²) in [6.45, 7) is 3.19. The number of ketones is 2. The van der Waals surface area contributed by atoms with Crippen molar-refractivity contribution in [3.63, 3.8) is 0 Å². The Labute approximate surface area is 116 Å². The Bertz CT molecular complexity index is 531. The molecule has 1 heterocycles. The van der Waals surface area contributed by atoms with Gasteiger partial charge >= 0.3 is 0 Å². The lowest BCUT2D eigenvalue weighted by atomic mass is 9.94. The second kappa shape index (κ2) is 6.22. The maximum absolute atomic E-state index is 13.1. The van der Waals surface area contributed by atoms with Crippen molar-refractivity contribution in [2.45, 2.75) is 19.8 Å². The van der Waals surface area contributed by atoms with E-state index in [1.807, 2.05) is 11.8 Å². The van der Waals surface area contributed by atoms with Gasteiger partial charge in [0.1, 0.15) is 5.78 Å². The fourth-order valence-electron chi connectivity index (χ4n) is 2.44. The molecule has 0 aromatic heterocycles. The Kier molecular flexibility index (Phi) is 4.60. The minimum absolute atomic E-state index is 0.0264. The van der Waals surface area contributed by atoms with Crippen LogP contribution in [0, 0.1) is 17.6 Å². The van der Waals surface area contributed by atoms with Gasteiger partial charge in [0, 0.05) is 31.0 Å². The highest BCUT2D eigenvalue weighted by Gasteiger charge is 2.27. The van der Waals surface area contributed by atoms with Crippen LogP contribution in [-0.2, 0) is 4.79 Å². The van der Waals surface area contributed by atoms with E-state index >= 15 is 0 Å². The first-order valence-corrected chi connectivity index (χ1v) is 6.74. The van der Waals surface area contributed by atoms with Crippen LogP contribution in [0.2, 0.25) is 0 Å². The largest absolute Gasteiger partial charge is 0.299 e. The molecule has 20 heavy (non-hydrogen) atoms. The second-order valence-electron chi connectivity index (χ2n) is 5.11. The molecule has 0 spiro atoms. The van der Waals surface area contributed by atoms with Gasteiger partial charge in [-0.25, -0.2) is 8.78 Å². The third-order valence-corrected chi connectivity index (χ3v) is 3.71. The number of Topliss-reactive ketones (excluding diaryl/α,β-unsaturated/α-hetero) is 2. The number of rotatable bonds is 4. The molecule has 1 fully saturated rings. The summed E-state index contributed by atoms with van der Waals surface area (Å²) in [6, 6.07) is 3.16. The molecular formula is C15H17F2NO2. The summed E-state index contributed by atoms with van der Waals surface area (Å²) in [5.41, 5.74) is 0.161. The Hall–Kier alpha value is -1.62. The molecule has 0 saturated carbocycles. The summed E-state index contributed by atoms with van der Waals surface area (Å²) in [4.78, 5) is 25.5. The number of halogens is 2. The van der Waals surface area contributed by atoms with E-state index in [2.05, 4.69) is 0 Å². The van der Waals surface area contributed by atoms with Crippen molar-refractivity contribution >= 4 is 11.6 Å². The maximum atomic E-state index is 13.1. The van der Waals surface area contributed by atoms with Gasteiger partial charge in [-0.3, -0.25) is 14.5 Å². The van der Waals surface area contributed by atoms with Crippen LogP contribution in [0.15, 0.2) is 18.2 Å². The van der Waals surface area contributed by atoms with E-state index in [1.165, 1.54) is 6.07 Å². The zero-order valence-electron chi connectivity index (χ0n) is 11.4. The van der Waals surface area contributed by atoms with Crippen LogP contribution in [0.1, 0.15) is 30.1 Å². The molecule has 1 atom stereocenters. The summed E-state index contributed by atoms with van der Waals surface area (Å²) in [5, 5.41) is 0. The first-order chi connectivity index (χ1) is 9.51. The number of piperidine rings is 1. The summed E-state index contributed by atoms with van der Waals surface area (Å²) >= 11 is 0. The zero-order valence-corrected chi connectivity index (χ0v) is 11.4. The fourth-order valence-corrected chi connectivity index (χ4v) is 2.44. The quantitative estimate of drug-likeness (QED) is 0.796. The molecule has 1 unspecified atom stereocenters. The van der Waals surface area contributed by atoms with E-state index in [0.717, 1.165) is 18.6 Å². The Morgan fingerprint density at radius 1 is 1.35 bits per heavy atom. The molecule has 0 amide bonds. The molecule has 108 valence electrons. The van der Waals surface area contributed by atoms with Gasteiger partial charge < -0.3 is 0 Å². The van der Waals surface area contributed by atoms with Crippen molar-refractivity contribution in [1.82, 2.24) is 4.90 Å². The van der Waals surface area contributed by atoms with Crippen molar-refractivity contribution in [2.75, 3.05) is 19.6 Å². The predicted octanol–water partition coefficient (Wildman–Crippen LogP) is 2.45. The van der Waals surface area contributed by atoms with Crippen LogP contribution in [-0.4, -0.2) is 36.1 Å². The summed E-state index contributed by atoms with van der Waals surface area (Å²) < 4.78 is 25.9. The molecule has 3 nitrogen and oxygen atoms in total. The molecule has 0 aliphatic carbocycles. The van der Waals surface area contributed by atoms with Crippen molar-refractivity contribution < 1.29 is 18.4 Å². The average molecular weight is 281 g/mol. The summed E-state index contributed by atoms with van der Waals surface area (Å²) in [6.07, 6.45) is 1.21. The lowest BCUT2D eigenvalue weighted by molar-refractivity contribution is -0.126. The third kappa shape index (κ3) is 3.28. The number of hydrogen-bond donors (Lipinski definition) is 0. The Morgan fingerprint density at radius 2 is 2.10 bits per heavy atom. The zero-order chi connectivity index (χ0) is 14.7. The van der Waals surface area contributed by atoms with E-state index in [4.69, 9.17) is 0 Å². The topological polar surface area (TPSA) is 37.4 Å². The van der Waals surface area contributed by atoms with Gasteiger partial charge in [0.2, 0.25) is 0 Å². The average Bonchev–Trinajstić information content (AvgIpc) is 2.43. The maximum Gasteiger partial charge on any atom is 0.176 e. The first-order valence-electron chi connectivity index (χ1n) is 6.74. The van der Waals surface area contributed by atoms with E-state index in [-0.39, 0.29) is 29.6 Å². The van der Waals surface area contributed by atoms with Gasteiger partial charge in [0.05, 0.1) is 6.54 Å². The first kappa shape index (κ1) is 14.8. The van der Waals surface area contributed by atoms with Crippen LogP contribution in [0.5, 0.6) is 0 Å². The highest BCUT2D eigenvalue weighted by Crippen LogP contribution is 2.17. The van der Waals surface area contributed by atoms with Gasteiger partial charge in [-0.05, 0) is 24.6 Å². The van der Waals surface area contributed by atoms with E-state index in [0.29, 0.717) is 19.5 Å². The third-order valence-electron chi connectivity index (χ3n) is 3.71. The second-order valence-corrected chi connectivity index (χ2v) is 5.11. The molecule has 1 aliphatic heterocycles. The normalized spacial score (nSPS) is 20.1. The summed E-state index contributed by atoms with van der Waals surface area (Å²) in [5.74, 6) is -2.02. The van der Waals surface area contributed by atoms with Crippen LogP contribution >= 0.6 is 0 Å². The van der Waals surface area contributed by atoms with E-state index in [1.54, 1.807) is 0 Å². The number of hydrogen-bond acceptors (Lipinski definition) is 3. The summed E-state index contributed by atoms with van der Waals surface area (Å²) in [7, 11) is 0. The van der Waals surface area contributed by atoms with Crippen molar-refractivity contribution in [3.8, 4) is 0 Å². The molecular weight excluding hydrogens is 264 g/mol. The number of carbonyl (C=O) groups is 2. The van der Waals surface area contributed by atoms with Crippen molar-refractivity contribution in [1.29, 1.82) is 0 Å². The van der Waals surface area contributed by atoms with Gasteiger partial charge in [0.15, 0.2) is 17.4 Å². The Balaban J connectivity index is 2.00. The predicted molar refractivity (Wildman–Crippen MR) is 70.5 cm³/mol. The molecule has 0 N–H and O–H groups in total. The number of nitrogens with zero attached hydrogens (tertiary/aromatic N) is 1. The minimum atomic E-state index is -1.02. The molecule has 1 saturated heterocycles. The van der Waals surface area contributed by atoms with Gasteiger partial charge in [-0.15, -0.1) is 0 Å². The standard InChI is InChI=1S/C15H17F2NO2/c1-2-10-8-18(6-5-14(10)19)9-15(20)11-3-4-12(16)13(17)7-11/h3-4,7,10H,2,5-6,8-9H2,1H3. The highest BCUT2D eigenvalue weighted by atomic mass is 19.2. The van der Waals surface area contributed by atoms with Crippen LogP contribution < -0.4 is 0 Å². The van der Waals surface area contributed by atoms with Gasteiger partial charge in [0.25, 0.3) is 0 Å². The molecule has 0 radical (unpaired) electrons. The number of carbonyl (C=O) groups excluding carboxylic acids is 2. The van der Waals surface area contributed by atoms with E-state index in [9.17, 15) is 18.4 Å².